The van der Waals surface area contributed by atoms with Crippen LogP contribution in [0.2, 0.25) is 0 Å². The molecule has 0 amide bonds. The maximum Gasteiger partial charge on any atom is 0.250 e. The summed E-state index contributed by atoms with van der Waals surface area (Å²) in [7, 11) is -3.55. The Morgan fingerprint density at radius 2 is 2.17 bits per heavy atom. The lowest BCUT2D eigenvalue weighted by molar-refractivity contribution is 0.374. The van der Waals surface area contributed by atoms with Gasteiger partial charge in [-0.25, -0.2) is 13.1 Å². The van der Waals surface area contributed by atoms with Gasteiger partial charge in [0.1, 0.15) is 4.21 Å². The molecule has 7 nitrogen and oxygen atoms in total. The number of nitrogens with zero attached hydrogens (tertiary/aromatic N) is 2. The minimum absolute atomic E-state index is 0.227. The molecule has 1 aliphatic rings. The van der Waals surface area contributed by atoms with Crippen molar-refractivity contribution < 1.29 is 17.4 Å². The molecule has 0 saturated heterocycles. The van der Waals surface area contributed by atoms with Crippen LogP contribution in [-0.2, 0) is 16.4 Å². The van der Waals surface area contributed by atoms with Crippen LogP contribution in [-0.4, -0.2) is 25.1 Å². The minimum Gasteiger partial charge on any atom is -0.472 e. The molecule has 0 radical (unpaired) electrons. The number of aromatic nitrogens is 2. The second kappa shape index (κ2) is 6.15. The van der Waals surface area contributed by atoms with Gasteiger partial charge in [0, 0.05) is 29.3 Å². The van der Waals surface area contributed by atoms with Gasteiger partial charge >= 0.3 is 0 Å². The van der Waals surface area contributed by atoms with Gasteiger partial charge in [-0.1, -0.05) is 5.16 Å². The first kappa shape index (κ1) is 15.6. The second-order valence-corrected chi connectivity index (χ2v) is 8.68. The third kappa shape index (κ3) is 3.28. The molecule has 0 spiro atoms. The van der Waals surface area contributed by atoms with Gasteiger partial charge in [-0.15, -0.1) is 11.3 Å². The van der Waals surface area contributed by atoms with E-state index in [1.54, 1.807) is 30.7 Å². The minimum atomic E-state index is -3.55. The Labute approximate surface area is 142 Å². The average molecular weight is 365 g/mol. The standard InChI is InChI=1S/C15H15N3O4S2/c19-24(20,14-4-3-12(23-14)11-6-8-21-9-11)16-7-5-13-17-15(22-18-13)10-1-2-10/h3-4,6,8-10,16H,1-2,5,7H2. The van der Waals surface area contributed by atoms with E-state index in [-0.39, 0.29) is 10.8 Å². The van der Waals surface area contributed by atoms with Crippen molar-refractivity contribution in [2.75, 3.05) is 6.54 Å². The highest BCUT2D eigenvalue weighted by atomic mass is 32.2. The van der Waals surface area contributed by atoms with Crippen molar-refractivity contribution in [2.24, 2.45) is 0 Å². The summed E-state index contributed by atoms with van der Waals surface area (Å²) in [6.45, 7) is 0.227. The van der Waals surface area contributed by atoms with Gasteiger partial charge in [-0.3, -0.25) is 0 Å². The van der Waals surface area contributed by atoms with E-state index in [1.807, 2.05) is 0 Å². The monoisotopic (exact) mass is 365 g/mol. The molecule has 1 saturated carbocycles. The van der Waals surface area contributed by atoms with E-state index in [1.165, 1.54) is 11.3 Å². The van der Waals surface area contributed by atoms with Crippen LogP contribution in [0.3, 0.4) is 0 Å². The van der Waals surface area contributed by atoms with E-state index in [0.717, 1.165) is 23.3 Å². The Kier molecular flexibility index (Phi) is 3.99. The number of hydrogen-bond donors (Lipinski definition) is 1. The fourth-order valence-electron chi connectivity index (χ4n) is 2.26. The van der Waals surface area contributed by atoms with Crippen LogP contribution < -0.4 is 4.72 Å². The van der Waals surface area contributed by atoms with Crippen molar-refractivity contribution in [3.05, 3.63) is 42.4 Å². The number of sulfonamides is 1. The zero-order valence-electron chi connectivity index (χ0n) is 12.6. The lowest BCUT2D eigenvalue weighted by atomic mass is 10.3. The molecule has 0 atom stereocenters. The summed E-state index contributed by atoms with van der Waals surface area (Å²) in [6, 6.07) is 5.16. The van der Waals surface area contributed by atoms with Gasteiger partial charge in [0.2, 0.25) is 15.9 Å². The molecule has 9 heteroatoms. The maximum atomic E-state index is 12.3. The Bertz CT molecular complexity index is 924. The largest absolute Gasteiger partial charge is 0.472 e. The van der Waals surface area contributed by atoms with Crippen LogP contribution in [0.15, 0.2) is 43.9 Å². The summed E-state index contributed by atoms with van der Waals surface area (Å²) in [6.07, 6.45) is 5.72. The van der Waals surface area contributed by atoms with Crippen LogP contribution in [0, 0.1) is 0 Å². The van der Waals surface area contributed by atoms with E-state index in [0.29, 0.717) is 24.1 Å². The molecule has 1 N–H and O–H groups in total. The van der Waals surface area contributed by atoms with Crippen LogP contribution in [0.1, 0.15) is 30.5 Å². The molecule has 0 aliphatic heterocycles. The van der Waals surface area contributed by atoms with Gasteiger partial charge in [0.15, 0.2) is 5.82 Å². The molecular weight excluding hydrogens is 350 g/mol. The van der Waals surface area contributed by atoms with E-state index in [9.17, 15) is 8.42 Å². The summed E-state index contributed by atoms with van der Waals surface area (Å²) in [5, 5.41) is 3.88. The molecule has 3 aromatic heterocycles. The fraction of sp³-hybridized carbons (Fsp3) is 0.333. The molecule has 3 heterocycles. The van der Waals surface area contributed by atoms with Crippen LogP contribution >= 0.6 is 11.3 Å². The predicted molar refractivity (Wildman–Crippen MR) is 87.2 cm³/mol. The van der Waals surface area contributed by atoms with Crippen molar-refractivity contribution in [2.45, 2.75) is 29.4 Å². The normalized spacial score (nSPS) is 15.0. The smallest absolute Gasteiger partial charge is 0.250 e. The lowest BCUT2D eigenvalue weighted by Gasteiger charge is -2.02. The highest BCUT2D eigenvalue weighted by Gasteiger charge is 2.29. The Balaban J connectivity index is 1.37. The van der Waals surface area contributed by atoms with Gasteiger partial charge in [-0.2, -0.15) is 4.98 Å². The molecular formula is C15H15N3O4S2. The Morgan fingerprint density at radius 3 is 2.92 bits per heavy atom. The molecule has 1 aliphatic carbocycles. The number of thiophene rings is 1. The SMILES string of the molecule is O=S(=O)(NCCc1noc(C2CC2)n1)c1ccc(-c2ccoc2)s1. The number of hydrogen-bond acceptors (Lipinski definition) is 7. The zero-order chi connectivity index (χ0) is 16.6. The average Bonchev–Trinajstić information content (AvgIpc) is 3.03. The molecule has 0 bridgehead atoms. The third-order valence-corrected chi connectivity index (χ3v) is 6.79. The quantitative estimate of drug-likeness (QED) is 0.691. The predicted octanol–water partition coefficient (Wildman–Crippen LogP) is 2.79. The molecule has 24 heavy (non-hydrogen) atoms. The van der Waals surface area contributed by atoms with Crippen LogP contribution in [0.4, 0.5) is 0 Å². The maximum absolute atomic E-state index is 12.3. The van der Waals surface area contributed by atoms with Gasteiger partial charge < -0.3 is 8.94 Å². The first-order chi connectivity index (χ1) is 11.6. The molecule has 0 aromatic carbocycles. The first-order valence-corrected chi connectivity index (χ1v) is 9.86. The van der Waals surface area contributed by atoms with Gasteiger partial charge in [0.05, 0.1) is 12.5 Å². The highest BCUT2D eigenvalue weighted by molar-refractivity contribution is 7.91. The summed E-state index contributed by atoms with van der Waals surface area (Å²) in [4.78, 5) is 5.13. The topological polar surface area (TPSA) is 98.2 Å². The van der Waals surface area contributed by atoms with Crippen molar-refractivity contribution >= 4 is 21.4 Å². The zero-order valence-corrected chi connectivity index (χ0v) is 14.3. The molecule has 4 rings (SSSR count). The highest BCUT2D eigenvalue weighted by Crippen LogP contribution is 2.38. The summed E-state index contributed by atoms with van der Waals surface area (Å²) in [5.41, 5.74) is 0.862. The number of nitrogens with one attached hydrogen (secondary N) is 1. The molecule has 0 unspecified atom stereocenters. The van der Waals surface area contributed by atoms with Crippen LogP contribution in [0.5, 0.6) is 0 Å². The first-order valence-electron chi connectivity index (χ1n) is 7.56. The van der Waals surface area contributed by atoms with Crippen molar-refractivity contribution in [3.63, 3.8) is 0 Å². The summed E-state index contributed by atoms with van der Waals surface area (Å²) in [5.74, 6) is 1.59. The van der Waals surface area contributed by atoms with Crippen molar-refractivity contribution in [1.82, 2.24) is 14.9 Å². The van der Waals surface area contributed by atoms with E-state index in [4.69, 9.17) is 8.94 Å². The van der Waals surface area contributed by atoms with E-state index in [2.05, 4.69) is 14.9 Å². The number of rotatable bonds is 7. The molecule has 3 aromatic rings. The summed E-state index contributed by atoms with van der Waals surface area (Å²) >= 11 is 1.20. The number of furan rings is 1. The fourth-order valence-corrected chi connectivity index (χ4v) is 4.63. The molecule has 1 fully saturated rings. The van der Waals surface area contributed by atoms with Gasteiger partial charge in [0.25, 0.3) is 0 Å². The third-order valence-electron chi connectivity index (χ3n) is 3.70. The summed E-state index contributed by atoms with van der Waals surface area (Å²) < 4.78 is 37.7. The van der Waals surface area contributed by atoms with Crippen molar-refractivity contribution in [1.29, 1.82) is 0 Å². The Morgan fingerprint density at radius 1 is 1.29 bits per heavy atom. The van der Waals surface area contributed by atoms with Gasteiger partial charge in [-0.05, 0) is 31.0 Å². The van der Waals surface area contributed by atoms with Crippen LogP contribution in [0.25, 0.3) is 10.4 Å². The van der Waals surface area contributed by atoms with Crippen molar-refractivity contribution in [3.8, 4) is 10.4 Å². The van der Waals surface area contributed by atoms with E-state index < -0.39 is 10.0 Å². The molecule has 126 valence electrons. The van der Waals surface area contributed by atoms with E-state index >= 15 is 0 Å². The second-order valence-electron chi connectivity index (χ2n) is 5.60. The lowest BCUT2D eigenvalue weighted by Crippen LogP contribution is -2.25. The Hall–Kier alpha value is -1.97.